The fourth-order valence-electron chi connectivity index (χ4n) is 4.52. The Bertz CT molecular complexity index is 1140. The van der Waals surface area contributed by atoms with Crippen molar-refractivity contribution in [2.75, 3.05) is 22.2 Å². The molecular weight excluding hydrogens is 548 g/mol. The molecule has 0 bridgehead atoms. The van der Waals surface area contributed by atoms with Gasteiger partial charge in [-0.3, -0.25) is 0 Å². The highest BCUT2D eigenvalue weighted by atomic mass is 79.9. The van der Waals surface area contributed by atoms with Gasteiger partial charge in [-0.05, 0) is 62.1 Å². The molecule has 0 spiro atoms. The Morgan fingerprint density at radius 1 is 0.833 bits per heavy atom. The van der Waals surface area contributed by atoms with Crippen molar-refractivity contribution in [2.45, 2.75) is 90.6 Å². The predicted octanol–water partition coefficient (Wildman–Crippen LogP) is 7.36. The van der Waals surface area contributed by atoms with E-state index in [1.165, 1.54) is 17.6 Å². The quantitative estimate of drug-likeness (QED) is 0.376. The minimum Gasteiger partial charge on any atom is -0.478 e. The number of carboxylic acids is 1. The lowest BCUT2D eigenvalue weighted by molar-refractivity contribution is 0.0696. The largest absolute Gasteiger partial charge is 0.478 e. The summed E-state index contributed by atoms with van der Waals surface area (Å²) >= 11 is 3.51. The molecule has 0 aromatic carbocycles. The fourth-order valence-corrected chi connectivity index (χ4v) is 9.32. The van der Waals surface area contributed by atoms with Crippen LogP contribution in [0.5, 0.6) is 0 Å². The van der Waals surface area contributed by atoms with Gasteiger partial charge in [-0.25, -0.2) is 14.8 Å². The number of rotatable bonds is 3. The lowest BCUT2D eigenvalue weighted by Gasteiger charge is -2.44. The van der Waals surface area contributed by atoms with Gasteiger partial charge in [-0.1, -0.05) is 67.7 Å². The highest BCUT2D eigenvalue weighted by Crippen LogP contribution is 2.44. The summed E-state index contributed by atoms with van der Waals surface area (Å²) in [5, 5.41) is 9.64. The topological polar surface area (TPSA) is 69.6 Å². The molecule has 0 saturated heterocycles. The summed E-state index contributed by atoms with van der Waals surface area (Å²) in [4.78, 5) is 20.0. The Morgan fingerprint density at radius 3 is 1.67 bits per heavy atom. The van der Waals surface area contributed by atoms with Crippen LogP contribution in [0.4, 0.5) is 11.6 Å². The maximum Gasteiger partial charge on any atom is 0.337 e. The summed E-state index contributed by atoms with van der Waals surface area (Å²) in [5.74, 6) is 1.32. The van der Waals surface area contributed by atoms with Gasteiger partial charge in [-0.15, -0.1) is 0 Å². The van der Waals surface area contributed by atoms with Crippen LogP contribution in [0.3, 0.4) is 0 Å². The molecule has 2 aliphatic rings. The Kier molecular flexibility index (Phi) is 7.91. The van der Waals surface area contributed by atoms with Crippen LogP contribution in [0, 0.1) is 0 Å². The van der Waals surface area contributed by atoms with E-state index in [1.54, 1.807) is 6.07 Å². The zero-order valence-corrected chi connectivity index (χ0v) is 27.2. The average Bonchev–Trinajstić information content (AvgIpc) is 3.36. The number of hydrogen-bond acceptors (Lipinski definition) is 5. The second kappa shape index (κ2) is 9.87. The minimum absolute atomic E-state index is 0.252. The fraction of sp³-hybridized carbons (Fsp3) is 0.593. The number of hydrogen-bond donors (Lipinski definition) is 1. The Morgan fingerprint density at radius 2 is 1.25 bits per heavy atom. The summed E-state index contributed by atoms with van der Waals surface area (Å²) in [6, 6.07) is 3.99. The van der Waals surface area contributed by atoms with Crippen LogP contribution in [-0.4, -0.2) is 50.6 Å². The van der Waals surface area contributed by atoms with Gasteiger partial charge in [0.05, 0.1) is 5.56 Å². The molecule has 6 nitrogen and oxygen atoms in total. The van der Waals surface area contributed by atoms with Crippen molar-refractivity contribution >= 4 is 50.0 Å². The lowest BCUT2D eigenvalue weighted by Crippen LogP contribution is -2.54. The maximum absolute atomic E-state index is 11.0. The van der Waals surface area contributed by atoms with Crippen LogP contribution in [0.15, 0.2) is 29.0 Å². The first-order valence-corrected chi connectivity index (χ1v) is 19.5. The summed E-state index contributed by atoms with van der Waals surface area (Å²) in [5.41, 5.74) is 2.75. The predicted molar refractivity (Wildman–Crippen MR) is 160 cm³/mol. The molecule has 0 aliphatic carbocycles. The van der Waals surface area contributed by atoms with E-state index in [9.17, 15) is 4.79 Å². The van der Waals surface area contributed by atoms with Crippen molar-refractivity contribution < 1.29 is 9.90 Å². The molecule has 0 amide bonds. The Balaban J connectivity index is 0.000000202. The first kappa shape index (κ1) is 28.8. The van der Waals surface area contributed by atoms with Crippen molar-refractivity contribution in [3.8, 4) is 0 Å². The number of aromatic nitrogens is 2. The van der Waals surface area contributed by atoms with Crippen LogP contribution in [0.2, 0.25) is 36.3 Å². The number of aromatic carboxylic acids is 1. The van der Waals surface area contributed by atoms with Gasteiger partial charge in [0.1, 0.15) is 11.6 Å². The lowest BCUT2D eigenvalue weighted by atomic mass is 10.2. The van der Waals surface area contributed by atoms with E-state index in [-0.39, 0.29) is 10.6 Å². The molecule has 36 heavy (non-hydrogen) atoms. The monoisotopic (exact) mass is 590 g/mol. The summed E-state index contributed by atoms with van der Waals surface area (Å²) in [6.45, 7) is 25.6. The molecule has 0 radical (unpaired) electrons. The summed E-state index contributed by atoms with van der Waals surface area (Å²) in [7, 11) is -3.13. The van der Waals surface area contributed by atoms with Gasteiger partial charge in [0, 0.05) is 30.0 Å². The van der Waals surface area contributed by atoms with Gasteiger partial charge in [-0.2, -0.15) is 0 Å². The Hall–Kier alpha value is -1.72. The standard InChI is InChI=1S/C14H22N2O2Si.C13H21BrN2Si/c1-14(2,3)19(4,5)16-7-6-10-8-11(13(17)18)9-15-12(10)16;1-13(2,3)17(4,5)16-7-6-10-8-11(14)9-15-12(10)16/h8-9H,6-7H2,1-5H3,(H,17,18);8-9H,6-7H2,1-5H3. The van der Waals surface area contributed by atoms with E-state index in [0.29, 0.717) is 5.04 Å². The van der Waals surface area contributed by atoms with E-state index < -0.39 is 22.4 Å². The van der Waals surface area contributed by atoms with Crippen molar-refractivity contribution in [1.29, 1.82) is 0 Å². The first-order valence-electron chi connectivity index (χ1n) is 12.8. The molecule has 0 atom stereocenters. The van der Waals surface area contributed by atoms with Crippen LogP contribution < -0.4 is 9.13 Å². The SMILES string of the molecule is CC(C)(C)[Si](C)(C)N1CCc2cc(Br)cnc21.CC(C)(C)[Si](C)(C)N1CCc2cc(C(=O)O)cnc21. The van der Waals surface area contributed by atoms with Crippen molar-refractivity contribution in [1.82, 2.24) is 9.97 Å². The third-order valence-corrected chi connectivity index (χ3v) is 20.2. The van der Waals surface area contributed by atoms with E-state index in [4.69, 9.17) is 5.11 Å². The zero-order valence-electron chi connectivity index (χ0n) is 23.7. The number of nitrogens with zero attached hydrogens (tertiary/aromatic N) is 4. The van der Waals surface area contributed by atoms with Crippen LogP contribution in [0.25, 0.3) is 0 Å². The number of halogens is 1. The van der Waals surface area contributed by atoms with Crippen molar-refractivity contribution in [3.63, 3.8) is 0 Å². The molecule has 198 valence electrons. The minimum atomic E-state index is -1.64. The van der Waals surface area contributed by atoms with E-state index in [1.807, 2.05) is 6.20 Å². The number of pyridine rings is 2. The second-order valence-electron chi connectivity index (χ2n) is 13.1. The van der Waals surface area contributed by atoms with E-state index in [0.717, 1.165) is 41.8 Å². The summed E-state index contributed by atoms with van der Waals surface area (Å²) in [6.07, 6.45) is 5.43. The van der Waals surface area contributed by atoms with E-state index >= 15 is 0 Å². The number of fused-ring (bicyclic) bond motifs is 2. The molecule has 0 fully saturated rings. The molecule has 1 N–H and O–H groups in total. The van der Waals surface area contributed by atoms with Crippen molar-refractivity contribution in [2.24, 2.45) is 0 Å². The second-order valence-corrected chi connectivity index (χ2v) is 24.3. The Labute approximate surface area is 227 Å². The average molecular weight is 592 g/mol. The van der Waals surface area contributed by atoms with Gasteiger partial charge in [0.25, 0.3) is 0 Å². The number of carbonyl (C=O) groups is 1. The molecule has 0 unspecified atom stereocenters. The normalized spacial score (nSPS) is 15.9. The molecular formula is C27H43BrN4O2Si2. The number of anilines is 2. The van der Waals surface area contributed by atoms with Crippen LogP contribution in [0.1, 0.15) is 63.0 Å². The molecule has 9 heteroatoms. The molecule has 4 heterocycles. The van der Waals surface area contributed by atoms with Gasteiger partial charge < -0.3 is 14.2 Å². The van der Waals surface area contributed by atoms with Gasteiger partial charge in [0.15, 0.2) is 16.5 Å². The third-order valence-electron chi connectivity index (χ3n) is 8.84. The van der Waals surface area contributed by atoms with Crippen molar-refractivity contribution in [3.05, 3.63) is 45.7 Å². The zero-order chi connectivity index (χ0) is 27.3. The van der Waals surface area contributed by atoms with E-state index in [2.05, 4.69) is 109 Å². The molecule has 2 aliphatic heterocycles. The molecule has 2 aromatic heterocycles. The van der Waals surface area contributed by atoms with Gasteiger partial charge in [0.2, 0.25) is 0 Å². The highest BCUT2D eigenvalue weighted by Gasteiger charge is 2.45. The van der Waals surface area contributed by atoms with Gasteiger partial charge >= 0.3 is 5.97 Å². The summed E-state index contributed by atoms with van der Waals surface area (Å²) < 4.78 is 6.12. The third kappa shape index (κ3) is 5.43. The first-order chi connectivity index (χ1) is 16.4. The maximum atomic E-state index is 11.0. The number of carboxylic acid groups (broad SMARTS) is 1. The molecule has 0 saturated carbocycles. The molecule has 4 rings (SSSR count). The smallest absolute Gasteiger partial charge is 0.337 e. The van der Waals surface area contributed by atoms with Crippen LogP contribution in [-0.2, 0) is 12.8 Å². The molecule has 2 aromatic rings. The highest BCUT2D eigenvalue weighted by molar-refractivity contribution is 9.10. The van der Waals surface area contributed by atoms with Crippen LogP contribution >= 0.6 is 15.9 Å².